The summed E-state index contributed by atoms with van der Waals surface area (Å²) < 4.78 is 7.25. The zero-order valence-corrected chi connectivity index (χ0v) is 15.0. The smallest absolute Gasteiger partial charge is 0.233 e. The maximum Gasteiger partial charge on any atom is 0.233 e. The van der Waals surface area contributed by atoms with E-state index in [-0.39, 0.29) is 0 Å². The van der Waals surface area contributed by atoms with Crippen molar-refractivity contribution in [1.82, 2.24) is 24.6 Å². The summed E-state index contributed by atoms with van der Waals surface area (Å²) in [6.45, 7) is 0.778. The Morgan fingerprint density at radius 3 is 2.80 bits per heavy atom. The topological polar surface area (TPSA) is 91.9 Å². The molecule has 8 nitrogen and oxygen atoms in total. The van der Waals surface area contributed by atoms with Crippen molar-refractivity contribution < 1.29 is 4.74 Å². The molecule has 3 rings (SSSR count). The van der Waals surface area contributed by atoms with Crippen LogP contribution >= 0.6 is 0 Å². The zero-order chi connectivity index (χ0) is 18.0. The van der Waals surface area contributed by atoms with E-state index in [0.29, 0.717) is 23.4 Å². The van der Waals surface area contributed by atoms with Gasteiger partial charge in [0, 0.05) is 25.2 Å². The van der Waals surface area contributed by atoms with Crippen molar-refractivity contribution in [3.8, 4) is 11.9 Å². The van der Waals surface area contributed by atoms with Gasteiger partial charge in [-0.05, 0) is 33.0 Å². The zero-order valence-electron chi connectivity index (χ0n) is 15.0. The second kappa shape index (κ2) is 7.07. The Morgan fingerprint density at radius 1 is 1.40 bits per heavy atom. The molecule has 1 saturated carbocycles. The van der Waals surface area contributed by atoms with E-state index in [1.165, 1.54) is 7.11 Å². The molecule has 132 valence electrons. The molecule has 0 aliphatic heterocycles. The Hall–Kier alpha value is -2.66. The quantitative estimate of drug-likeness (QED) is 0.851. The molecule has 1 aliphatic rings. The van der Waals surface area contributed by atoms with Gasteiger partial charge in [0.1, 0.15) is 23.3 Å². The van der Waals surface area contributed by atoms with Crippen LogP contribution in [0.3, 0.4) is 0 Å². The Bertz CT molecular complexity index is 787. The van der Waals surface area contributed by atoms with E-state index in [9.17, 15) is 5.26 Å². The van der Waals surface area contributed by atoms with E-state index in [4.69, 9.17) is 4.74 Å². The number of anilines is 1. The molecule has 8 heteroatoms. The van der Waals surface area contributed by atoms with Crippen molar-refractivity contribution in [1.29, 1.82) is 5.26 Å². The molecule has 2 aromatic heterocycles. The first-order valence-electron chi connectivity index (χ1n) is 8.26. The van der Waals surface area contributed by atoms with Crippen LogP contribution in [0.5, 0.6) is 5.88 Å². The number of hydrogen-bond donors (Lipinski definition) is 1. The maximum atomic E-state index is 9.34. The fourth-order valence-electron chi connectivity index (χ4n) is 3.14. The fourth-order valence-corrected chi connectivity index (χ4v) is 3.14. The van der Waals surface area contributed by atoms with Gasteiger partial charge in [-0.2, -0.15) is 5.26 Å². The van der Waals surface area contributed by atoms with Crippen molar-refractivity contribution in [2.75, 3.05) is 26.5 Å². The molecule has 0 amide bonds. The monoisotopic (exact) mass is 341 g/mol. The van der Waals surface area contributed by atoms with Crippen LogP contribution in [0, 0.1) is 11.3 Å². The van der Waals surface area contributed by atoms with Gasteiger partial charge in [-0.1, -0.05) is 0 Å². The number of nitrogens with one attached hydrogen (secondary N) is 1. The molecule has 0 spiro atoms. The van der Waals surface area contributed by atoms with Crippen molar-refractivity contribution in [2.45, 2.75) is 31.3 Å². The molecular formula is C17H23N7O. The maximum absolute atomic E-state index is 9.34. The number of nitrogens with zero attached hydrogens (tertiary/aromatic N) is 6. The van der Waals surface area contributed by atoms with Gasteiger partial charge in [0.15, 0.2) is 0 Å². The molecule has 2 heterocycles. The minimum absolute atomic E-state index is 0.304. The van der Waals surface area contributed by atoms with Crippen LogP contribution in [-0.2, 0) is 13.6 Å². The second-order valence-corrected chi connectivity index (χ2v) is 6.64. The van der Waals surface area contributed by atoms with Gasteiger partial charge in [0.2, 0.25) is 5.88 Å². The lowest BCUT2D eigenvalue weighted by Gasteiger charge is -2.36. The Kier molecular flexibility index (Phi) is 4.86. The third-order valence-electron chi connectivity index (χ3n) is 4.54. The average Bonchev–Trinajstić information content (AvgIpc) is 2.90. The summed E-state index contributed by atoms with van der Waals surface area (Å²) in [5.74, 6) is 2.75. The normalized spacial score (nSPS) is 19.4. The highest BCUT2D eigenvalue weighted by molar-refractivity contribution is 5.61. The van der Waals surface area contributed by atoms with E-state index < -0.39 is 0 Å². The van der Waals surface area contributed by atoms with E-state index in [0.717, 1.165) is 36.7 Å². The molecule has 0 radical (unpaired) electrons. The third-order valence-corrected chi connectivity index (χ3v) is 4.54. The van der Waals surface area contributed by atoms with Gasteiger partial charge in [-0.15, -0.1) is 10.2 Å². The summed E-state index contributed by atoms with van der Waals surface area (Å²) in [5.41, 5.74) is 1.21. The second-order valence-electron chi connectivity index (χ2n) is 6.64. The molecule has 2 aromatic rings. The molecular weight excluding hydrogens is 318 g/mol. The van der Waals surface area contributed by atoms with Gasteiger partial charge in [0.05, 0.1) is 19.3 Å². The number of rotatable bonds is 6. The Labute approximate surface area is 147 Å². The predicted octanol–water partition coefficient (Wildman–Crippen LogP) is 1.51. The standard InChI is InChI=1S/C17H23N7O/c1-23(2)10-15-21-22-16(24(15)3)11-7-12(8-11)20-14-5-6-19-17(25-4)13(14)9-18/h5-6,11-12H,7-8,10H2,1-4H3,(H,19,20). The summed E-state index contributed by atoms with van der Waals surface area (Å²) in [6.07, 6.45) is 3.57. The largest absolute Gasteiger partial charge is 0.480 e. The lowest BCUT2D eigenvalue weighted by atomic mass is 9.79. The third kappa shape index (κ3) is 3.42. The lowest BCUT2D eigenvalue weighted by molar-refractivity contribution is 0.347. The highest BCUT2D eigenvalue weighted by Gasteiger charge is 2.34. The predicted molar refractivity (Wildman–Crippen MR) is 93.3 cm³/mol. The van der Waals surface area contributed by atoms with E-state index in [1.54, 1.807) is 6.20 Å². The fraction of sp³-hybridized carbons (Fsp3) is 0.529. The summed E-state index contributed by atoms with van der Waals surface area (Å²) in [4.78, 5) is 6.15. The van der Waals surface area contributed by atoms with Crippen LogP contribution in [0.1, 0.15) is 36.0 Å². The molecule has 0 unspecified atom stereocenters. The molecule has 0 atom stereocenters. The molecule has 0 bridgehead atoms. The summed E-state index contributed by atoms with van der Waals surface area (Å²) in [7, 11) is 7.59. The number of methoxy groups -OCH3 is 1. The molecule has 25 heavy (non-hydrogen) atoms. The minimum atomic E-state index is 0.304. The molecule has 1 aliphatic carbocycles. The number of aromatic nitrogens is 4. The van der Waals surface area contributed by atoms with Crippen molar-refractivity contribution in [3.63, 3.8) is 0 Å². The number of hydrogen-bond acceptors (Lipinski definition) is 7. The highest BCUT2D eigenvalue weighted by Crippen LogP contribution is 2.38. The van der Waals surface area contributed by atoms with Crippen molar-refractivity contribution in [3.05, 3.63) is 29.5 Å². The van der Waals surface area contributed by atoms with E-state index in [1.807, 2.05) is 27.2 Å². The van der Waals surface area contributed by atoms with Crippen molar-refractivity contribution in [2.24, 2.45) is 7.05 Å². The Morgan fingerprint density at radius 2 is 2.16 bits per heavy atom. The highest BCUT2D eigenvalue weighted by atomic mass is 16.5. The van der Waals surface area contributed by atoms with Gasteiger partial charge in [0.25, 0.3) is 0 Å². The molecule has 0 aromatic carbocycles. The minimum Gasteiger partial charge on any atom is -0.480 e. The van der Waals surface area contributed by atoms with Crippen LogP contribution < -0.4 is 10.1 Å². The van der Waals surface area contributed by atoms with Crippen LogP contribution in [0.4, 0.5) is 5.69 Å². The van der Waals surface area contributed by atoms with Crippen LogP contribution in [0.2, 0.25) is 0 Å². The average molecular weight is 341 g/mol. The van der Waals surface area contributed by atoms with Crippen molar-refractivity contribution >= 4 is 5.69 Å². The summed E-state index contributed by atoms with van der Waals surface area (Å²) in [5, 5.41) is 21.4. The molecule has 1 N–H and O–H groups in total. The lowest BCUT2D eigenvalue weighted by Crippen LogP contribution is -2.35. The summed E-state index contributed by atoms with van der Waals surface area (Å²) in [6, 6.07) is 4.28. The number of nitriles is 1. The van der Waals surface area contributed by atoms with Crippen LogP contribution in [0.15, 0.2) is 12.3 Å². The van der Waals surface area contributed by atoms with Crippen LogP contribution in [0.25, 0.3) is 0 Å². The van der Waals surface area contributed by atoms with Gasteiger partial charge in [-0.25, -0.2) is 4.98 Å². The Balaban J connectivity index is 1.64. The van der Waals surface area contributed by atoms with Gasteiger partial charge in [-0.3, -0.25) is 0 Å². The molecule has 1 fully saturated rings. The van der Waals surface area contributed by atoms with Gasteiger partial charge >= 0.3 is 0 Å². The van der Waals surface area contributed by atoms with E-state index >= 15 is 0 Å². The van der Waals surface area contributed by atoms with E-state index in [2.05, 4.69) is 36.0 Å². The first kappa shape index (κ1) is 17.2. The first-order valence-corrected chi connectivity index (χ1v) is 8.26. The van der Waals surface area contributed by atoms with Crippen LogP contribution in [-0.4, -0.2) is 51.9 Å². The SMILES string of the molecule is COc1nccc(NC2CC(c3nnc(CN(C)C)n3C)C2)c1C#N. The number of ether oxygens (including phenoxy) is 1. The summed E-state index contributed by atoms with van der Waals surface area (Å²) >= 11 is 0. The van der Waals surface area contributed by atoms with Gasteiger partial charge < -0.3 is 19.5 Å². The molecule has 0 saturated heterocycles. The first-order chi connectivity index (χ1) is 12.0. The number of pyridine rings is 1.